The number of anilines is 2. The van der Waals surface area contributed by atoms with E-state index in [2.05, 4.69) is 20.9 Å². The van der Waals surface area contributed by atoms with Crippen LogP contribution in [0.15, 0.2) is 29.1 Å². The van der Waals surface area contributed by atoms with Crippen molar-refractivity contribution >= 4 is 39.9 Å². The van der Waals surface area contributed by atoms with Gasteiger partial charge in [-0.15, -0.1) is 0 Å². The predicted molar refractivity (Wildman–Crippen MR) is 176 cm³/mol. The molecule has 0 bridgehead atoms. The second-order valence-corrected chi connectivity index (χ2v) is 12.1. The molecule has 1 aliphatic carbocycles. The van der Waals surface area contributed by atoms with Crippen LogP contribution in [0.4, 0.5) is 10.8 Å². The topological polar surface area (TPSA) is 154 Å². The molecule has 0 saturated carbocycles. The number of carbonyl (C=O) groups excluding carboxylic acids is 3. The molecule has 1 aromatic heterocycles. The zero-order valence-electron chi connectivity index (χ0n) is 27.3. The van der Waals surface area contributed by atoms with Crippen LogP contribution in [-0.2, 0) is 20.7 Å². The number of ether oxygens (including phenoxy) is 4. The Morgan fingerprint density at radius 1 is 1.07 bits per heavy atom. The van der Waals surface area contributed by atoms with E-state index in [0.717, 1.165) is 22.5 Å². The number of methoxy groups -OCH3 is 3. The number of rotatable bonds is 11. The number of amides is 2. The number of hydrogen-bond donors (Lipinski definition) is 3. The van der Waals surface area contributed by atoms with Gasteiger partial charge in [0.05, 0.1) is 45.4 Å². The maximum absolute atomic E-state index is 13.8. The minimum Gasteiger partial charge on any atom is -0.493 e. The van der Waals surface area contributed by atoms with Gasteiger partial charge in [0.25, 0.3) is 0 Å². The molecule has 13 heteroatoms. The second kappa shape index (κ2) is 14.6. The standard InChI is InChI=1S/C33H40N4O8S/c1-9-45-32(41)30-17(4)34-33(46-30)37-31(40)27(16(2)3)36-23-13-11-20-21(15-24(23)39)22(35-18(5)38)12-10-19-14-25(42-6)28(43-7)29(44-8)26(19)20/h11,13-16,22,27H,9-10,12H2,1-8H3,(H,35,38)(H,36,39)(H,34,37,40)/t22-,27-/m1/s1. The Hall–Kier alpha value is -4.65. The van der Waals surface area contributed by atoms with E-state index in [-0.39, 0.29) is 34.7 Å². The van der Waals surface area contributed by atoms with Gasteiger partial charge < -0.3 is 34.9 Å². The SMILES string of the molecule is CCOC(=O)c1sc(NC(=O)[C@H](Nc2ccc3c(cc2=O)[C@H](NC(C)=O)CCc2cc(OC)c(OC)c(OC)c2-3)C(C)C)nc1C. The van der Waals surface area contributed by atoms with Gasteiger partial charge >= 0.3 is 5.97 Å². The first kappa shape index (κ1) is 34.2. The van der Waals surface area contributed by atoms with Gasteiger partial charge in [-0.2, -0.15) is 0 Å². The average molecular weight is 653 g/mol. The molecule has 12 nitrogen and oxygen atoms in total. The Labute approximate surface area is 271 Å². The molecule has 4 rings (SSSR count). The minimum atomic E-state index is -0.831. The van der Waals surface area contributed by atoms with Gasteiger partial charge in [0.1, 0.15) is 10.9 Å². The van der Waals surface area contributed by atoms with E-state index in [1.54, 1.807) is 33.1 Å². The van der Waals surface area contributed by atoms with Crippen molar-refractivity contribution in [3.8, 4) is 28.4 Å². The molecule has 2 aromatic carbocycles. The van der Waals surface area contributed by atoms with E-state index in [4.69, 9.17) is 18.9 Å². The highest BCUT2D eigenvalue weighted by atomic mass is 32.1. The number of aryl methyl sites for hydroxylation is 2. The summed E-state index contributed by atoms with van der Waals surface area (Å²) in [5.41, 5.74) is 3.17. The highest BCUT2D eigenvalue weighted by Crippen LogP contribution is 2.50. The Bertz CT molecular complexity index is 1700. The summed E-state index contributed by atoms with van der Waals surface area (Å²) in [5.74, 6) is -0.0580. The molecule has 46 heavy (non-hydrogen) atoms. The summed E-state index contributed by atoms with van der Waals surface area (Å²) in [7, 11) is 4.61. The van der Waals surface area contributed by atoms with Crippen molar-refractivity contribution in [1.82, 2.24) is 10.3 Å². The molecule has 3 N–H and O–H groups in total. The molecular weight excluding hydrogens is 612 g/mol. The summed E-state index contributed by atoms with van der Waals surface area (Å²) in [6.07, 6.45) is 1.08. The number of fused-ring (bicyclic) bond motifs is 3. The monoisotopic (exact) mass is 652 g/mol. The van der Waals surface area contributed by atoms with Crippen molar-refractivity contribution < 1.29 is 33.3 Å². The average Bonchev–Trinajstić information content (AvgIpc) is 3.21. The van der Waals surface area contributed by atoms with E-state index < -0.39 is 24.0 Å². The fourth-order valence-electron chi connectivity index (χ4n) is 5.55. The van der Waals surface area contributed by atoms with Crippen molar-refractivity contribution in [2.75, 3.05) is 38.6 Å². The van der Waals surface area contributed by atoms with Crippen molar-refractivity contribution in [3.05, 3.63) is 56.2 Å². The summed E-state index contributed by atoms with van der Waals surface area (Å²) >= 11 is 1.03. The van der Waals surface area contributed by atoms with Gasteiger partial charge in [-0.3, -0.25) is 14.4 Å². The third-order valence-corrected chi connectivity index (χ3v) is 8.72. The molecule has 0 unspecified atom stereocenters. The number of aromatic nitrogens is 1. The quantitative estimate of drug-likeness (QED) is 0.244. The van der Waals surface area contributed by atoms with Crippen LogP contribution in [0, 0.1) is 12.8 Å². The fraction of sp³-hybridized carbons (Fsp3) is 0.424. The lowest BCUT2D eigenvalue weighted by molar-refractivity contribution is -0.120. The molecule has 0 radical (unpaired) electrons. The number of carbonyl (C=O) groups is 3. The molecule has 1 aliphatic rings. The molecular formula is C33H40N4O8S. The molecule has 0 aliphatic heterocycles. The minimum absolute atomic E-state index is 0.187. The summed E-state index contributed by atoms with van der Waals surface area (Å²) in [4.78, 5) is 56.4. The maximum Gasteiger partial charge on any atom is 0.350 e. The maximum atomic E-state index is 13.8. The van der Waals surface area contributed by atoms with Gasteiger partial charge in [-0.05, 0) is 67.5 Å². The van der Waals surface area contributed by atoms with E-state index in [1.165, 1.54) is 27.2 Å². The van der Waals surface area contributed by atoms with E-state index in [1.807, 2.05) is 19.9 Å². The summed E-state index contributed by atoms with van der Waals surface area (Å²) in [6, 6.07) is 5.49. The molecule has 3 aromatic rings. The van der Waals surface area contributed by atoms with E-state index in [0.29, 0.717) is 51.8 Å². The number of esters is 1. The first-order valence-corrected chi connectivity index (χ1v) is 15.7. The number of nitrogens with one attached hydrogen (secondary N) is 3. The predicted octanol–water partition coefficient (Wildman–Crippen LogP) is 4.88. The molecule has 0 fully saturated rings. The molecule has 0 saturated heterocycles. The molecule has 2 atom stereocenters. The van der Waals surface area contributed by atoms with Crippen molar-refractivity contribution in [1.29, 1.82) is 0 Å². The smallest absolute Gasteiger partial charge is 0.350 e. The van der Waals surface area contributed by atoms with Gasteiger partial charge in [0, 0.05) is 12.5 Å². The lowest BCUT2D eigenvalue weighted by atomic mass is 9.95. The van der Waals surface area contributed by atoms with E-state index in [9.17, 15) is 19.2 Å². The van der Waals surface area contributed by atoms with Crippen molar-refractivity contribution in [3.63, 3.8) is 0 Å². The normalized spacial score (nSPS) is 14.2. The van der Waals surface area contributed by atoms with Crippen LogP contribution in [0.1, 0.15) is 66.7 Å². The van der Waals surface area contributed by atoms with E-state index >= 15 is 0 Å². The number of thiazole rings is 1. The first-order chi connectivity index (χ1) is 21.9. The highest BCUT2D eigenvalue weighted by Gasteiger charge is 2.30. The van der Waals surface area contributed by atoms with Crippen LogP contribution in [0.3, 0.4) is 0 Å². The first-order valence-electron chi connectivity index (χ1n) is 14.9. The summed E-state index contributed by atoms with van der Waals surface area (Å²) in [6.45, 7) is 8.74. The van der Waals surface area contributed by atoms with Gasteiger partial charge in [-0.25, -0.2) is 9.78 Å². The zero-order chi connectivity index (χ0) is 33.7. The third kappa shape index (κ3) is 7.09. The molecule has 0 spiro atoms. The Balaban J connectivity index is 1.79. The van der Waals surface area contributed by atoms with Crippen LogP contribution in [0.25, 0.3) is 11.1 Å². The van der Waals surface area contributed by atoms with Gasteiger partial charge in [0.15, 0.2) is 16.6 Å². The lowest BCUT2D eigenvalue weighted by Gasteiger charge is -2.21. The number of hydrogen-bond acceptors (Lipinski definition) is 11. The Kier molecular flexibility index (Phi) is 10.9. The van der Waals surface area contributed by atoms with Crippen LogP contribution >= 0.6 is 11.3 Å². The molecule has 2 amide bonds. The fourth-order valence-corrected chi connectivity index (χ4v) is 6.41. The Morgan fingerprint density at radius 2 is 1.78 bits per heavy atom. The van der Waals surface area contributed by atoms with Crippen LogP contribution in [0.2, 0.25) is 0 Å². The number of benzene rings is 1. The molecule has 246 valence electrons. The zero-order valence-corrected chi connectivity index (χ0v) is 28.1. The Morgan fingerprint density at radius 3 is 2.39 bits per heavy atom. The van der Waals surface area contributed by atoms with Crippen LogP contribution in [-0.4, -0.2) is 56.7 Å². The van der Waals surface area contributed by atoms with Crippen LogP contribution < -0.4 is 35.6 Å². The lowest BCUT2D eigenvalue weighted by Crippen LogP contribution is -2.39. The second-order valence-electron chi connectivity index (χ2n) is 11.1. The van der Waals surface area contributed by atoms with Gasteiger partial charge in [0.2, 0.25) is 23.0 Å². The van der Waals surface area contributed by atoms with Crippen molar-refractivity contribution in [2.24, 2.45) is 5.92 Å². The van der Waals surface area contributed by atoms with Gasteiger partial charge in [-0.1, -0.05) is 31.3 Å². The summed E-state index contributed by atoms with van der Waals surface area (Å²) < 4.78 is 22.2. The highest BCUT2D eigenvalue weighted by molar-refractivity contribution is 7.17. The number of nitrogens with zero attached hydrogens (tertiary/aromatic N) is 1. The largest absolute Gasteiger partial charge is 0.493 e. The van der Waals surface area contributed by atoms with Crippen LogP contribution in [0.5, 0.6) is 17.2 Å². The third-order valence-electron chi connectivity index (χ3n) is 7.66. The van der Waals surface area contributed by atoms with Crippen molar-refractivity contribution in [2.45, 2.75) is 59.5 Å². The molecule has 1 heterocycles. The summed E-state index contributed by atoms with van der Waals surface area (Å²) in [5, 5.41) is 9.15.